The Labute approximate surface area is 207 Å². The fourth-order valence-electron chi connectivity index (χ4n) is 2.82. The first-order valence-corrected chi connectivity index (χ1v) is 10.7. The number of ether oxygens (including phenoxy) is 1. The number of nitrogens with one attached hydrogen (secondary N) is 3. The van der Waals surface area contributed by atoms with Gasteiger partial charge >= 0.3 is 6.18 Å². The van der Waals surface area contributed by atoms with Crippen molar-refractivity contribution in [2.75, 3.05) is 6.54 Å². The maximum absolute atomic E-state index is 13.0. The molecule has 6 nitrogen and oxygen atoms in total. The van der Waals surface area contributed by atoms with Crippen LogP contribution in [0, 0.1) is 5.41 Å². The average Bonchev–Trinajstić information content (AvgIpc) is 2.79. The Bertz CT molecular complexity index is 1210. The van der Waals surface area contributed by atoms with Crippen LogP contribution in [0.1, 0.15) is 11.1 Å². The molecule has 1 heterocycles. The Morgan fingerprint density at radius 3 is 2.65 bits per heavy atom. The molecule has 12 heteroatoms. The van der Waals surface area contributed by atoms with Gasteiger partial charge in [-0.15, -0.1) is 0 Å². The molecule has 0 aromatic heterocycles. The predicted octanol–water partition coefficient (Wildman–Crippen LogP) is 5.69. The molecule has 0 spiro atoms. The average molecular weight is 532 g/mol. The SMILES string of the molecule is N=C/C(Cl)=C1/N=CC(Oc2cccc(C(F)(F)F)c2)=C(C(=O)NCCc2ccc(Cl)cc2Cl)N1. The summed E-state index contributed by atoms with van der Waals surface area (Å²) in [6.45, 7) is 0.177. The van der Waals surface area contributed by atoms with Crippen LogP contribution in [-0.2, 0) is 17.4 Å². The molecule has 0 atom stereocenters. The Balaban J connectivity index is 1.82. The van der Waals surface area contributed by atoms with Gasteiger partial charge in [-0.1, -0.05) is 46.9 Å². The molecule has 3 N–H and O–H groups in total. The van der Waals surface area contributed by atoms with Gasteiger partial charge in [-0.25, -0.2) is 4.99 Å². The number of rotatable bonds is 7. The molecule has 178 valence electrons. The van der Waals surface area contributed by atoms with Gasteiger partial charge in [0, 0.05) is 22.8 Å². The molecular weight excluding hydrogens is 516 g/mol. The highest BCUT2D eigenvalue weighted by molar-refractivity contribution is 6.39. The van der Waals surface area contributed by atoms with E-state index in [2.05, 4.69) is 15.6 Å². The minimum absolute atomic E-state index is 0.000968. The first kappa shape index (κ1) is 25.6. The van der Waals surface area contributed by atoms with Crippen molar-refractivity contribution in [2.45, 2.75) is 12.6 Å². The fraction of sp³-hybridized carbons (Fsp3) is 0.136. The lowest BCUT2D eigenvalue weighted by Gasteiger charge is -2.20. The van der Waals surface area contributed by atoms with Crippen LogP contribution in [0.2, 0.25) is 10.0 Å². The maximum atomic E-state index is 13.0. The maximum Gasteiger partial charge on any atom is 0.416 e. The lowest BCUT2D eigenvalue weighted by Crippen LogP contribution is -2.36. The van der Waals surface area contributed by atoms with Gasteiger partial charge in [0.25, 0.3) is 5.91 Å². The monoisotopic (exact) mass is 530 g/mol. The van der Waals surface area contributed by atoms with Crippen molar-refractivity contribution in [3.8, 4) is 5.75 Å². The summed E-state index contributed by atoms with van der Waals surface area (Å²) in [6.07, 6.45) is -2.24. The number of benzene rings is 2. The van der Waals surface area contributed by atoms with Crippen molar-refractivity contribution in [3.63, 3.8) is 0 Å². The molecule has 1 amide bonds. The van der Waals surface area contributed by atoms with E-state index in [1.807, 2.05) is 0 Å². The first-order chi connectivity index (χ1) is 16.1. The van der Waals surface area contributed by atoms with Crippen LogP contribution in [0.25, 0.3) is 0 Å². The normalized spacial score (nSPS) is 15.0. The van der Waals surface area contributed by atoms with E-state index in [0.717, 1.165) is 30.1 Å². The molecule has 34 heavy (non-hydrogen) atoms. The largest absolute Gasteiger partial charge is 0.453 e. The van der Waals surface area contributed by atoms with Gasteiger partial charge in [0.1, 0.15) is 10.8 Å². The quantitative estimate of drug-likeness (QED) is 0.401. The van der Waals surface area contributed by atoms with Crippen LogP contribution in [0.4, 0.5) is 13.2 Å². The zero-order chi connectivity index (χ0) is 24.9. The highest BCUT2D eigenvalue weighted by Crippen LogP contribution is 2.32. The highest BCUT2D eigenvalue weighted by atomic mass is 35.5. The van der Waals surface area contributed by atoms with Crippen molar-refractivity contribution in [1.29, 1.82) is 5.41 Å². The Morgan fingerprint density at radius 1 is 1.21 bits per heavy atom. The summed E-state index contributed by atoms with van der Waals surface area (Å²) in [5.41, 5.74) is -0.305. The van der Waals surface area contributed by atoms with Crippen LogP contribution >= 0.6 is 34.8 Å². The highest BCUT2D eigenvalue weighted by Gasteiger charge is 2.31. The van der Waals surface area contributed by atoms with Gasteiger partial charge in [0.05, 0.1) is 11.8 Å². The van der Waals surface area contributed by atoms with Crippen LogP contribution in [0.5, 0.6) is 5.75 Å². The van der Waals surface area contributed by atoms with Crippen molar-refractivity contribution in [2.24, 2.45) is 4.99 Å². The number of aliphatic imine (C=N–C) groups is 1. The second-order valence-corrected chi connectivity index (χ2v) is 8.08. The van der Waals surface area contributed by atoms with Gasteiger partial charge in [0.2, 0.25) is 0 Å². The first-order valence-electron chi connectivity index (χ1n) is 9.61. The molecule has 2 aromatic carbocycles. The zero-order valence-corrected chi connectivity index (χ0v) is 19.4. The van der Waals surface area contributed by atoms with Gasteiger partial charge < -0.3 is 20.8 Å². The molecule has 0 fully saturated rings. The van der Waals surface area contributed by atoms with Crippen LogP contribution < -0.4 is 15.4 Å². The smallest absolute Gasteiger partial charge is 0.416 e. The van der Waals surface area contributed by atoms with Gasteiger partial charge in [-0.3, -0.25) is 4.79 Å². The summed E-state index contributed by atoms with van der Waals surface area (Å²) in [6, 6.07) is 9.17. The summed E-state index contributed by atoms with van der Waals surface area (Å²) < 4.78 is 44.6. The third-order valence-corrected chi connectivity index (χ3v) is 5.34. The molecule has 3 rings (SSSR count). The number of allylic oxidation sites excluding steroid dienone is 2. The van der Waals surface area contributed by atoms with Crippen molar-refractivity contribution in [3.05, 3.63) is 85.9 Å². The summed E-state index contributed by atoms with van der Waals surface area (Å²) in [4.78, 5) is 16.9. The Hall–Kier alpha value is -3.01. The number of carbonyl (C=O) groups is 1. The van der Waals surface area contributed by atoms with E-state index < -0.39 is 17.6 Å². The molecule has 0 aliphatic carbocycles. The summed E-state index contributed by atoms with van der Waals surface area (Å²) >= 11 is 17.9. The lowest BCUT2D eigenvalue weighted by molar-refractivity contribution is -0.137. The molecule has 0 unspecified atom stereocenters. The van der Waals surface area contributed by atoms with E-state index in [-0.39, 0.29) is 34.6 Å². The van der Waals surface area contributed by atoms with Gasteiger partial charge in [0.15, 0.2) is 17.3 Å². The molecule has 2 aromatic rings. The fourth-order valence-corrected chi connectivity index (χ4v) is 3.42. The standard InChI is InChI=1S/C22H16Cl3F3N4O2/c23-14-5-4-12(16(24)9-14)6-7-30-21(33)19-18(11-31-20(32-19)17(25)10-29)34-15-3-1-2-13(8-15)22(26,27)28/h1-5,8-11,29,32H,6-7H2,(H,30,33)/b20-17+,29-10?. The number of halogens is 6. The van der Waals surface area contributed by atoms with Gasteiger partial charge in [-0.05, 0) is 42.3 Å². The number of hydrogen-bond acceptors (Lipinski definition) is 5. The molecule has 0 bridgehead atoms. The summed E-state index contributed by atoms with van der Waals surface area (Å²) in [7, 11) is 0. The minimum atomic E-state index is -4.57. The predicted molar refractivity (Wildman–Crippen MR) is 126 cm³/mol. The minimum Gasteiger partial charge on any atom is -0.453 e. The lowest BCUT2D eigenvalue weighted by atomic mass is 10.1. The van der Waals surface area contributed by atoms with Crippen LogP contribution in [-0.4, -0.2) is 24.9 Å². The van der Waals surface area contributed by atoms with Crippen LogP contribution in [0.3, 0.4) is 0 Å². The second kappa shape index (κ2) is 10.9. The third-order valence-electron chi connectivity index (χ3n) is 4.46. The number of hydrogen-bond donors (Lipinski definition) is 3. The zero-order valence-electron chi connectivity index (χ0n) is 17.1. The van der Waals surface area contributed by atoms with Gasteiger partial charge in [-0.2, -0.15) is 13.2 Å². The van der Waals surface area contributed by atoms with E-state index in [9.17, 15) is 18.0 Å². The topological polar surface area (TPSA) is 86.6 Å². The third kappa shape index (κ3) is 6.53. The van der Waals surface area contributed by atoms with Crippen LogP contribution in [0.15, 0.2) is 69.8 Å². The molecule has 0 radical (unpaired) electrons. The van der Waals surface area contributed by atoms with E-state index in [0.29, 0.717) is 16.5 Å². The molecule has 1 aliphatic heterocycles. The summed E-state index contributed by atoms with van der Waals surface area (Å²) in [5, 5.41) is 13.4. The second-order valence-electron chi connectivity index (χ2n) is 6.83. The number of amides is 1. The number of nitrogens with zero attached hydrogens (tertiary/aromatic N) is 1. The van der Waals surface area contributed by atoms with Crippen molar-refractivity contribution < 1.29 is 22.7 Å². The number of alkyl halides is 3. The molecule has 1 aliphatic rings. The molecular formula is C22H16Cl3F3N4O2. The molecule has 0 saturated heterocycles. The Kier molecular flexibility index (Phi) is 8.24. The Morgan fingerprint density at radius 2 is 1.97 bits per heavy atom. The van der Waals surface area contributed by atoms with Crippen molar-refractivity contribution >= 4 is 53.1 Å². The van der Waals surface area contributed by atoms with E-state index in [1.54, 1.807) is 18.2 Å². The number of carbonyl (C=O) groups excluding carboxylic acids is 1. The van der Waals surface area contributed by atoms with Crippen molar-refractivity contribution in [1.82, 2.24) is 10.6 Å². The van der Waals surface area contributed by atoms with E-state index in [4.69, 9.17) is 44.9 Å². The van der Waals surface area contributed by atoms with E-state index in [1.165, 1.54) is 12.1 Å². The molecule has 0 saturated carbocycles. The summed E-state index contributed by atoms with van der Waals surface area (Å²) in [5.74, 6) is -0.925. The van der Waals surface area contributed by atoms with E-state index >= 15 is 0 Å².